The third-order valence-electron chi connectivity index (χ3n) is 12.4. The Balaban J connectivity index is 0.00000173. The fourth-order valence-electron chi connectivity index (χ4n) is 9.36. The lowest BCUT2D eigenvalue weighted by Crippen LogP contribution is -3.00. The smallest absolute Gasteiger partial charge is 0.169 e. The minimum atomic E-state index is 0. The summed E-state index contributed by atoms with van der Waals surface area (Å²) in [5.41, 5.74) is 15.9. The van der Waals surface area contributed by atoms with Crippen molar-refractivity contribution in [1.82, 2.24) is 19.9 Å². The van der Waals surface area contributed by atoms with Crippen molar-refractivity contribution in [2.75, 3.05) is 0 Å². The quantitative estimate of drug-likeness (QED) is 0.209. The second kappa shape index (κ2) is 16.5. The first-order chi connectivity index (χ1) is 29.9. The first-order valence-electron chi connectivity index (χ1n) is 20.6. The van der Waals surface area contributed by atoms with Crippen LogP contribution in [0.1, 0.15) is 22.8 Å². The van der Waals surface area contributed by atoms with Gasteiger partial charge in [-0.05, 0) is 103 Å². The summed E-state index contributed by atoms with van der Waals surface area (Å²) >= 11 is 0. The number of aryl methyl sites for hydroxylation is 3. The first kappa shape index (κ1) is 42.2. The second-order valence-electron chi connectivity index (χ2n) is 16.2. The molecule has 6 aromatic heterocycles. The van der Waals surface area contributed by atoms with Crippen LogP contribution in [-0.4, -0.2) is 19.9 Å². The molecule has 8 bridgehead atoms. The van der Waals surface area contributed by atoms with E-state index < -0.39 is 0 Å². The molecule has 0 saturated heterocycles. The van der Waals surface area contributed by atoms with Crippen molar-refractivity contribution in [2.24, 2.45) is 21.1 Å². The third-order valence-corrected chi connectivity index (χ3v) is 12.4. The first-order valence-corrected chi connectivity index (χ1v) is 20.6. The Morgan fingerprint density at radius 1 is 0.359 bits per heavy atom. The highest BCUT2D eigenvalue weighted by Crippen LogP contribution is 2.43. The van der Waals surface area contributed by atoms with E-state index in [1.165, 1.54) is 32.3 Å². The van der Waals surface area contributed by atoms with E-state index >= 15 is 0 Å². The van der Waals surface area contributed by atoms with Crippen LogP contribution in [0.25, 0.3) is 123 Å². The van der Waals surface area contributed by atoms with Crippen LogP contribution in [0, 0.1) is 0 Å². The molecule has 4 aromatic carbocycles. The number of pyridine rings is 3. The van der Waals surface area contributed by atoms with Crippen molar-refractivity contribution in [2.45, 2.75) is 0 Å². The number of halogens is 3. The molecule has 0 spiro atoms. The van der Waals surface area contributed by atoms with Gasteiger partial charge in [0, 0.05) is 80.7 Å². The molecule has 0 atom stereocenters. The highest BCUT2D eigenvalue weighted by Gasteiger charge is 2.21. The molecule has 0 aliphatic carbocycles. The summed E-state index contributed by atoms with van der Waals surface area (Å²) in [6.07, 6.45) is 21.2. The van der Waals surface area contributed by atoms with Gasteiger partial charge in [-0.15, -0.1) is 0 Å². The van der Waals surface area contributed by atoms with E-state index in [0.717, 1.165) is 89.4 Å². The molecule has 0 saturated carbocycles. The minimum Gasteiger partial charge on any atom is -1.00 e. The molecule has 64 heavy (non-hydrogen) atoms. The summed E-state index contributed by atoms with van der Waals surface area (Å²) in [4.78, 5) is 18.9. The normalized spacial score (nSPS) is 11.8. The van der Waals surface area contributed by atoms with Crippen molar-refractivity contribution >= 4 is 78.7 Å². The van der Waals surface area contributed by atoms with Gasteiger partial charge in [-0.3, -0.25) is 0 Å². The number of hydrogen-bond donors (Lipinski definition) is 2. The number of aromatic amines is 2. The number of hydrogen-bond acceptors (Lipinski definition) is 2. The Bertz CT molecular complexity index is 3600. The minimum absolute atomic E-state index is 0. The van der Waals surface area contributed by atoms with Crippen LogP contribution in [-0.2, 0) is 21.1 Å². The molecule has 0 amide bonds. The standard InChI is InChI=1S/C54H39N7.3ClH/c1-59-27-21-36(22-28-59)51-41-13-15-43(55-41)52(37-23-29-60(2)30-24-37)45-17-19-47(57-45)54(40-12-10-35-8-7-33-5-4-6-34-9-11-39(40)50(35)49(33)34)48-20-18-46(58-48)53(44-16-14-42(51)56-44)38-25-31-61(3)32-26-38;;;/h4-32H,1-3H3,(H,55,56,57,58);3*1H/q+2;;;/p-2. The zero-order chi connectivity index (χ0) is 40.8. The van der Waals surface area contributed by atoms with Crippen molar-refractivity contribution in [3.8, 4) is 44.5 Å². The third kappa shape index (κ3) is 6.90. The molecule has 10 aromatic rings. The number of nitrogens with zero attached hydrogens (tertiary/aromatic N) is 5. The fraction of sp³-hybridized carbons (Fsp3) is 0.0556. The topological polar surface area (TPSA) is 69.0 Å². The zero-order valence-electron chi connectivity index (χ0n) is 35.1. The molecule has 0 fully saturated rings. The average molecular weight is 893 g/mol. The monoisotopic (exact) mass is 891 g/mol. The van der Waals surface area contributed by atoms with Gasteiger partial charge in [0.1, 0.15) is 21.1 Å². The maximum absolute atomic E-state index is 5.59. The van der Waals surface area contributed by atoms with Crippen molar-refractivity contribution in [3.05, 3.63) is 175 Å². The highest BCUT2D eigenvalue weighted by atomic mass is 35.5. The Hall–Kier alpha value is -7.16. The van der Waals surface area contributed by atoms with E-state index in [1.807, 2.05) is 21.1 Å². The molecule has 0 unspecified atom stereocenters. The van der Waals surface area contributed by atoms with Crippen LogP contribution in [0.5, 0.6) is 0 Å². The van der Waals surface area contributed by atoms with Crippen LogP contribution >= 0.6 is 0 Å². The van der Waals surface area contributed by atoms with E-state index in [0.29, 0.717) is 0 Å². The summed E-state index contributed by atoms with van der Waals surface area (Å²) in [7, 11) is 6.13. The van der Waals surface area contributed by atoms with Gasteiger partial charge >= 0.3 is 0 Å². The summed E-state index contributed by atoms with van der Waals surface area (Å²) in [5.74, 6) is 0. The molecule has 10 heteroatoms. The molecular weight excluding hydrogens is 853 g/mol. The van der Waals surface area contributed by atoms with E-state index in [9.17, 15) is 0 Å². The summed E-state index contributed by atoms with van der Waals surface area (Å²) in [6, 6.07) is 41.9. The van der Waals surface area contributed by atoms with Gasteiger partial charge in [-0.2, -0.15) is 0 Å². The SMILES string of the molecule is C[n+]1ccc(-c2c3nc(c(-c4cc[n+](C)cc4)c4ccc([nH]4)c(-c4ccc5ccc6cccc7ccc4c5c67)c4nc(c(-c5cc[n+](C)cc5)c5ccc2[nH]5)C=C4)C=C3)cc1.[Cl-].[Cl-].[Cl-]. The zero-order valence-corrected chi connectivity index (χ0v) is 37.4. The molecule has 2 aliphatic rings. The van der Waals surface area contributed by atoms with Gasteiger partial charge in [0.2, 0.25) is 0 Å². The molecule has 12 rings (SSSR count). The predicted molar refractivity (Wildman–Crippen MR) is 248 cm³/mol. The summed E-state index contributed by atoms with van der Waals surface area (Å²) < 4.78 is 6.18. The van der Waals surface area contributed by atoms with Crippen LogP contribution < -0.4 is 50.9 Å². The largest absolute Gasteiger partial charge is 1.00 e. The lowest BCUT2D eigenvalue weighted by molar-refractivity contribution is -0.671. The van der Waals surface area contributed by atoms with E-state index in [-0.39, 0.29) is 37.2 Å². The Morgan fingerprint density at radius 2 is 0.703 bits per heavy atom. The highest BCUT2D eigenvalue weighted by molar-refractivity contribution is 6.26. The van der Waals surface area contributed by atoms with Gasteiger partial charge < -0.3 is 47.2 Å². The molecule has 2 aliphatic heterocycles. The number of aromatic nitrogens is 7. The fourth-order valence-corrected chi connectivity index (χ4v) is 9.36. The Kier molecular flexibility index (Phi) is 10.9. The van der Waals surface area contributed by atoms with Crippen LogP contribution in [0.2, 0.25) is 0 Å². The number of rotatable bonds is 4. The van der Waals surface area contributed by atoms with Gasteiger partial charge in [0.05, 0.1) is 22.8 Å². The summed E-state index contributed by atoms with van der Waals surface area (Å²) in [6.45, 7) is 0. The molecule has 7 nitrogen and oxygen atoms in total. The molecule has 2 N–H and O–H groups in total. The Labute approximate surface area is 388 Å². The van der Waals surface area contributed by atoms with Gasteiger partial charge in [-0.1, -0.05) is 54.6 Å². The number of H-pyrrole nitrogens is 2. The van der Waals surface area contributed by atoms with Crippen molar-refractivity contribution in [3.63, 3.8) is 0 Å². The van der Waals surface area contributed by atoms with Gasteiger partial charge in [0.25, 0.3) is 0 Å². The van der Waals surface area contributed by atoms with Crippen molar-refractivity contribution < 1.29 is 50.9 Å². The van der Waals surface area contributed by atoms with Crippen LogP contribution in [0.4, 0.5) is 0 Å². The molecular formula is C54H40Cl3N7. The van der Waals surface area contributed by atoms with Gasteiger partial charge in [-0.25, -0.2) is 23.7 Å². The van der Waals surface area contributed by atoms with Gasteiger partial charge in [0.15, 0.2) is 37.2 Å². The van der Waals surface area contributed by atoms with E-state index in [4.69, 9.17) is 9.97 Å². The van der Waals surface area contributed by atoms with E-state index in [1.54, 1.807) is 0 Å². The summed E-state index contributed by atoms with van der Waals surface area (Å²) in [5, 5.41) is 7.46. The van der Waals surface area contributed by atoms with Crippen molar-refractivity contribution in [1.29, 1.82) is 0 Å². The number of fused-ring (bicyclic) bond motifs is 8. The lowest BCUT2D eigenvalue weighted by atomic mass is 9.89. The van der Waals surface area contributed by atoms with Crippen LogP contribution in [0.15, 0.2) is 152 Å². The predicted octanol–water partition coefficient (Wildman–Crippen LogP) is 1.71. The maximum Gasteiger partial charge on any atom is 0.169 e. The molecule has 8 heterocycles. The molecule has 0 radical (unpaired) electrons. The second-order valence-corrected chi connectivity index (χ2v) is 16.2. The number of nitrogens with one attached hydrogen (secondary N) is 2. The lowest BCUT2D eigenvalue weighted by Gasteiger charge is -2.14. The average Bonchev–Trinajstić information content (AvgIpc) is 4.13. The van der Waals surface area contributed by atoms with Crippen LogP contribution in [0.3, 0.4) is 0 Å². The Morgan fingerprint density at radius 3 is 1.12 bits per heavy atom. The maximum atomic E-state index is 5.59. The van der Waals surface area contributed by atoms with E-state index in [2.05, 4.69) is 200 Å². The molecule has 312 valence electrons. The number of benzene rings is 4.